The van der Waals surface area contributed by atoms with E-state index in [-0.39, 0.29) is 0 Å². The van der Waals surface area contributed by atoms with Crippen LogP contribution < -0.4 is 4.74 Å². The van der Waals surface area contributed by atoms with Gasteiger partial charge in [-0.1, -0.05) is 42.5 Å². The largest absolute Gasteiger partial charge is 0.484 e. The molecule has 0 saturated carbocycles. The number of oxazole rings is 1. The van der Waals surface area contributed by atoms with Crippen molar-refractivity contribution in [1.29, 1.82) is 0 Å². The van der Waals surface area contributed by atoms with Crippen LogP contribution in [-0.2, 0) is 6.61 Å². The van der Waals surface area contributed by atoms with Crippen LogP contribution >= 0.6 is 0 Å². The molecule has 0 fully saturated rings. The number of rotatable bonds is 4. The van der Waals surface area contributed by atoms with E-state index in [4.69, 9.17) is 9.15 Å². The number of benzene rings is 2. The van der Waals surface area contributed by atoms with Crippen molar-refractivity contribution >= 4 is 0 Å². The van der Waals surface area contributed by atoms with Gasteiger partial charge in [-0.15, -0.1) is 0 Å². The van der Waals surface area contributed by atoms with Crippen molar-refractivity contribution in [1.82, 2.24) is 4.98 Å². The first-order valence-electron chi connectivity index (χ1n) is 6.93. The Balaban J connectivity index is 1.72. The molecule has 0 aliphatic carbocycles. The summed E-state index contributed by atoms with van der Waals surface area (Å²) in [4.78, 5) is 4.46. The maximum atomic E-state index is 5.80. The van der Waals surface area contributed by atoms with Gasteiger partial charge in [0.05, 0.1) is 0 Å². The molecule has 0 saturated heterocycles. The van der Waals surface area contributed by atoms with E-state index in [0.717, 1.165) is 22.6 Å². The fourth-order valence-corrected chi connectivity index (χ4v) is 2.14. The summed E-state index contributed by atoms with van der Waals surface area (Å²) >= 11 is 0. The van der Waals surface area contributed by atoms with Gasteiger partial charge in [0.15, 0.2) is 6.61 Å². The average molecular weight is 279 g/mol. The maximum Gasteiger partial charge on any atom is 0.232 e. The lowest BCUT2D eigenvalue weighted by Crippen LogP contribution is -1.98. The first-order chi connectivity index (χ1) is 10.2. The van der Waals surface area contributed by atoms with Crippen molar-refractivity contribution in [2.45, 2.75) is 20.5 Å². The van der Waals surface area contributed by atoms with Gasteiger partial charge < -0.3 is 9.15 Å². The number of aryl methyl sites for hydroxylation is 1. The van der Waals surface area contributed by atoms with E-state index in [0.29, 0.717) is 12.5 Å². The van der Waals surface area contributed by atoms with Gasteiger partial charge in [-0.25, -0.2) is 4.98 Å². The molecule has 2 aromatic carbocycles. The molecule has 1 heterocycles. The third kappa shape index (κ3) is 2.97. The van der Waals surface area contributed by atoms with Crippen molar-refractivity contribution in [2.75, 3.05) is 0 Å². The minimum Gasteiger partial charge on any atom is -0.484 e. The van der Waals surface area contributed by atoms with Gasteiger partial charge in [0.25, 0.3) is 0 Å². The van der Waals surface area contributed by atoms with E-state index in [1.54, 1.807) is 6.26 Å². The van der Waals surface area contributed by atoms with Crippen molar-refractivity contribution in [3.05, 3.63) is 71.8 Å². The smallest absolute Gasteiger partial charge is 0.232 e. The Morgan fingerprint density at radius 2 is 1.81 bits per heavy atom. The van der Waals surface area contributed by atoms with Crippen LogP contribution in [0.4, 0.5) is 0 Å². The van der Waals surface area contributed by atoms with E-state index >= 15 is 0 Å². The van der Waals surface area contributed by atoms with Crippen LogP contribution in [-0.4, -0.2) is 4.98 Å². The average Bonchev–Trinajstić information content (AvgIpc) is 2.99. The zero-order valence-corrected chi connectivity index (χ0v) is 12.2. The Kier molecular flexibility index (Phi) is 3.73. The van der Waals surface area contributed by atoms with Gasteiger partial charge in [-0.2, -0.15) is 0 Å². The highest BCUT2D eigenvalue weighted by molar-refractivity contribution is 5.57. The second-order valence-electron chi connectivity index (χ2n) is 4.98. The van der Waals surface area contributed by atoms with Gasteiger partial charge in [0, 0.05) is 5.56 Å². The highest BCUT2D eigenvalue weighted by Crippen LogP contribution is 2.23. The molecule has 0 unspecified atom stereocenters. The Labute approximate surface area is 124 Å². The third-order valence-corrected chi connectivity index (χ3v) is 3.53. The molecule has 0 spiro atoms. The molecule has 0 amide bonds. The van der Waals surface area contributed by atoms with Gasteiger partial charge >= 0.3 is 0 Å². The summed E-state index contributed by atoms with van der Waals surface area (Å²) in [5, 5.41) is 0. The van der Waals surface area contributed by atoms with E-state index in [9.17, 15) is 0 Å². The molecule has 3 heteroatoms. The summed E-state index contributed by atoms with van der Waals surface area (Å²) in [5.74, 6) is 1.45. The second kappa shape index (κ2) is 5.83. The van der Waals surface area contributed by atoms with Crippen LogP contribution in [0.3, 0.4) is 0 Å². The lowest BCUT2D eigenvalue weighted by Gasteiger charge is -2.08. The monoisotopic (exact) mass is 279 g/mol. The molecular formula is C18H17NO2. The molecular weight excluding hydrogens is 262 g/mol. The van der Waals surface area contributed by atoms with Crippen molar-refractivity contribution in [2.24, 2.45) is 0 Å². The van der Waals surface area contributed by atoms with Crippen LogP contribution in [0.1, 0.15) is 17.0 Å². The summed E-state index contributed by atoms with van der Waals surface area (Å²) in [6.45, 7) is 4.45. The van der Waals surface area contributed by atoms with Crippen molar-refractivity contribution in [3.8, 4) is 17.0 Å². The number of ether oxygens (including phenoxy) is 1. The highest BCUT2D eigenvalue weighted by atomic mass is 16.5. The lowest BCUT2D eigenvalue weighted by atomic mass is 10.1. The molecule has 1 aromatic heterocycles. The summed E-state index contributed by atoms with van der Waals surface area (Å²) in [7, 11) is 0. The van der Waals surface area contributed by atoms with Crippen molar-refractivity contribution in [3.63, 3.8) is 0 Å². The Hall–Kier alpha value is -2.55. The molecule has 0 bridgehead atoms. The number of nitrogens with zero attached hydrogens (tertiary/aromatic N) is 1. The van der Waals surface area contributed by atoms with Gasteiger partial charge in [0.2, 0.25) is 5.89 Å². The zero-order valence-electron chi connectivity index (χ0n) is 12.2. The lowest BCUT2D eigenvalue weighted by molar-refractivity contribution is 0.261. The summed E-state index contributed by atoms with van der Waals surface area (Å²) in [6, 6.07) is 16.0. The van der Waals surface area contributed by atoms with Gasteiger partial charge in [-0.3, -0.25) is 0 Å². The van der Waals surface area contributed by atoms with Crippen LogP contribution in [0, 0.1) is 13.8 Å². The molecule has 0 aliphatic rings. The number of hydrogen-bond acceptors (Lipinski definition) is 3. The van der Waals surface area contributed by atoms with Crippen LogP contribution in [0.2, 0.25) is 0 Å². The fourth-order valence-electron chi connectivity index (χ4n) is 2.14. The van der Waals surface area contributed by atoms with E-state index in [1.807, 2.05) is 42.5 Å². The first kappa shape index (κ1) is 13.4. The maximum absolute atomic E-state index is 5.80. The minimum atomic E-state index is 0.330. The minimum absolute atomic E-state index is 0.330. The number of hydrogen-bond donors (Lipinski definition) is 0. The zero-order chi connectivity index (χ0) is 14.7. The Bertz CT molecular complexity index is 732. The third-order valence-electron chi connectivity index (χ3n) is 3.53. The van der Waals surface area contributed by atoms with E-state index < -0.39 is 0 Å². The fraction of sp³-hybridized carbons (Fsp3) is 0.167. The standard InChI is InChI=1S/C18H17NO2/c1-13-7-6-10-17(14(13)2)20-12-18-19-16(11-21-18)15-8-4-3-5-9-15/h3-11H,12H2,1-2H3. The van der Waals surface area contributed by atoms with E-state index in [1.165, 1.54) is 5.56 Å². The SMILES string of the molecule is Cc1cccc(OCc2nc(-c3ccccc3)co2)c1C. The molecule has 21 heavy (non-hydrogen) atoms. The molecule has 0 radical (unpaired) electrons. The predicted molar refractivity (Wildman–Crippen MR) is 82.2 cm³/mol. The Morgan fingerprint density at radius 1 is 1.00 bits per heavy atom. The first-order valence-corrected chi connectivity index (χ1v) is 6.93. The molecule has 3 rings (SSSR count). The topological polar surface area (TPSA) is 35.3 Å². The number of aromatic nitrogens is 1. The molecule has 0 aliphatic heterocycles. The second-order valence-corrected chi connectivity index (χ2v) is 4.98. The van der Waals surface area contributed by atoms with Crippen molar-refractivity contribution < 1.29 is 9.15 Å². The van der Waals surface area contributed by atoms with Gasteiger partial charge in [-0.05, 0) is 31.0 Å². The summed E-state index contributed by atoms with van der Waals surface area (Å²) in [5.41, 5.74) is 4.23. The van der Waals surface area contributed by atoms with Crippen LogP contribution in [0.15, 0.2) is 59.2 Å². The predicted octanol–water partition coefficient (Wildman–Crippen LogP) is 4.54. The molecule has 0 N–H and O–H groups in total. The quantitative estimate of drug-likeness (QED) is 0.703. The Morgan fingerprint density at radius 3 is 2.62 bits per heavy atom. The van der Waals surface area contributed by atoms with Gasteiger partial charge in [0.1, 0.15) is 17.7 Å². The summed E-state index contributed by atoms with van der Waals surface area (Å²) in [6.07, 6.45) is 1.66. The van der Waals surface area contributed by atoms with Crippen LogP contribution in [0.5, 0.6) is 5.75 Å². The summed E-state index contributed by atoms with van der Waals surface area (Å²) < 4.78 is 11.3. The van der Waals surface area contributed by atoms with Crippen LogP contribution in [0.25, 0.3) is 11.3 Å². The highest BCUT2D eigenvalue weighted by Gasteiger charge is 2.08. The molecule has 106 valence electrons. The molecule has 3 nitrogen and oxygen atoms in total. The molecule has 3 aromatic rings. The van der Waals surface area contributed by atoms with E-state index in [2.05, 4.69) is 24.9 Å². The normalized spacial score (nSPS) is 10.6. The molecule has 0 atom stereocenters.